The van der Waals surface area contributed by atoms with Gasteiger partial charge in [0.15, 0.2) is 11.4 Å². The van der Waals surface area contributed by atoms with Gasteiger partial charge in [-0.05, 0) is 56.1 Å². The second kappa shape index (κ2) is 7.71. The quantitative estimate of drug-likeness (QED) is 0.518. The van der Waals surface area contributed by atoms with E-state index in [9.17, 15) is 9.59 Å². The van der Waals surface area contributed by atoms with Crippen molar-refractivity contribution in [2.24, 2.45) is 11.5 Å². The van der Waals surface area contributed by atoms with Crippen LogP contribution in [0.3, 0.4) is 0 Å². The predicted octanol–water partition coefficient (Wildman–Crippen LogP) is 1.05. The lowest BCUT2D eigenvalue weighted by atomic mass is 10.3. The molecule has 116 valence electrons. The number of aromatic nitrogens is 2. The average Bonchev–Trinajstić information content (AvgIpc) is 2.44. The number of pyridine rings is 2. The van der Waals surface area contributed by atoms with Crippen molar-refractivity contribution in [1.82, 2.24) is 9.97 Å². The van der Waals surface area contributed by atoms with Crippen LogP contribution in [-0.2, 0) is 0 Å². The van der Waals surface area contributed by atoms with Crippen molar-refractivity contribution in [3.63, 3.8) is 0 Å². The van der Waals surface area contributed by atoms with Crippen LogP contribution < -0.4 is 22.9 Å². The minimum atomic E-state index is -0.621. The Kier molecular flexibility index (Phi) is 6.25. The molecular weight excluding hydrogens is 420 g/mol. The Labute approximate surface area is 142 Å². The minimum absolute atomic E-state index is 0.0966. The number of hydrogen-bond acceptors (Lipinski definition) is 6. The molecule has 0 atom stereocenters. The Balaban J connectivity index is 0.000000220. The van der Waals surface area contributed by atoms with Crippen LogP contribution in [0.2, 0.25) is 0 Å². The molecular formula is C12H12Br2N6O2. The number of hydrogen-bond donors (Lipinski definition) is 4. The van der Waals surface area contributed by atoms with Crippen LogP contribution in [0.5, 0.6) is 0 Å². The van der Waals surface area contributed by atoms with Gasteiger partial charge in [-0.2, -0.15) is 0 Å². The first-order valence-corrected chi connectivity index (χ1v) is 7.24. The molecule has 8 nitrogen and oxygen atoms in total. The van der Waals surface area contributed by atoms with Crippen LogP contribution in [0, 0.1) is 0 Å². The zero-order chi connectivity index (χ0) is 16.9. The molecule has 0 aromatic carbocycles. The number of nitrogens with two attached hydrogens (primary N) is 4. The molecule has 0 unspecified atom stereocenters. The van der Waals surface area contributed by atoms with Crippen LogP contribution in [0.4, 0.5) is 11.4 Å². The van der Waals surface area contributed by atoms with Gasteiger partial charge in [0.25, 0.3) is 11.8 Å². The smallest absolute Gasteiger partial charge is 0.269 e. The van der Waals surface area contributed by atoms with Crippen molar-refractivity contribution in [2.45, 2.75) is 0 Å². The van der Waals surface area contributed by atoms with Gasteiger partial charge in [0, 0.05) is 0 Å². The Morgan fingerprint density at radius 2 is 1.09 bits per heavy atom. The number of carbonyl (C=O) groups excluding carboxylic acids is 2. The SMILES string of the molecule is NC(=O)c1nc(Br)ccc1N.NC(=O)c1nc(Br)ccc1N. The topological polar surface area (TPSA) is 164 Å². The lowest BCUT2D eigenvalue weighted by Crippen LogP contribution is -2.15. The van der Waals surface area contributed by atoms with E-state index in [1.807, 2.05) is 0 Å². The molecule has 0 fully saturated rings. The number of nitrogens with zero attached hydrogens (tertiary/aromatic N) is 2. The molecule has 2 amide bonds. The number of anilines is 2. The maximum absolute atomic E-state index is 10.6. The standard InChI is InChI=1S/2C6H6BrN3O/c2*7-4-2-1-3(8)5(10-4)6(9)11/h2*1-2H,8H2,(H2,9,11). The minimum Gasteiger partial charge on any atom is -0.397 e. The maximum atomic E-state index is 10.6. The summed E-state index contributed by atoms with van der Waals surface area (Å²) in [6, 6.07) is 6.41. The van der Waals surface area contributed by atoms with Gasteiger partial charge in [0.1, 0.15) is 9.21 Å². The highest BCUT2D eigenvalue weighted by Gasteiger charge is 2.07. The summed E-state index contributed by atoms with van der Waals surface area (Å²) in [5.74, 6) is -1.24. The molecule has 0 spiro atoms. The van der Waals surface area contributed by atoms with Gasteiger partial charge >= 0.3 is 0 Å². The zero-order valence-electron chi connectivity index (χ0n) is 11.1. The summed E-state index contributed by atoms with van der Waals surface area (Å²) in [4.78, 5) is 28.8. The number of nitrogen functional groups attached to an aromatic ring is 2. The Morgan fingerprint density at radius 3 is 1.32 bits per heavy atom. The van der Waals surface area contributed by atoms with Crippen LogP contribution in [0.25, 0.3) is 0 Å². The van der Waals surface area contributed by atoms with Crippen LogP contribution in [0.1, 0.15) is 21.0 Å². The van der Waals surface area contributed by atoms with E-state index < -0.39 is 11.8 Å². The fourth-order valence-electron chi connectivity index (χ4n) is 1.29. The second-order valence-corrected chi connectivity index (χ2v) is 5.50. The second-order valence-electron chi connectivity index (χ2n) is 3.87. The molecule has 0 aliphatic heterocycles. The van der Waals surface area contributed by atoms with Gasteiger partial charge in [-0.25, -0.2) is 9.97 Å². The van der Waals surface area contributed by atoms with E-state index in [1.165, 1.54) is 0 Å². The summed E-state index contributed by atoms with van der Waals surface area (Å²) in [5.41, 5.74) is 21.6. The van der Waals surface area contributed by atoms with E-state index in [0.717, 1.165) is 0 Å². The largest absolute Gasteiger partial charge is 0.397 e. The van der Waals surface area contributed by atoms with E-state index in [4.69, 9.17) is 22.9 Å². The third-order valence-electron chi connectivity index (χ3n) is 2.25. The predicted molar refractivity (Wildman–Crippen MR) is 89.7 cm³/mol. The van der Waals surface area contributed by atoms with Crippen molar-refractivity contribution in [3.05, 3.63) is 44.9 Å². The molecule has 0 saturated heterocycles. The van der Waals surface area contributed by atoms with E-state index in [2.05, 4.69) is 41.8 Å². The van der Waals surface area contributed by atoms with Gasteiger partial charge in [0.05, 0.1) is 11.4 Å². The number of amides is 2. The van der Waals surface area contributed by atoms with Crippen molar-refractivity contribution in [1.29, 1.82) is 0 Å². The van der Waals surface area contributed by atoms with Gasteiger partial charge in [0.2, 0.25) is 0 Å². The van der Waals surface area contributed by atoms with Gasteiger partial charge in [-0.3, -0.25) is 9.59 Å². The van der Waals surface area contributed by atoms with Gasteiger partial charge in [-0.15, -0.1) is 0 Å². The number of halogens is 2. The van der Waals surface area contributed by atoms with Crippen molar-refractivity contribution < 1.29 is 9.59 Å². The first-order valence-electron chi connectivity index (χ1n) is 5.66. The summed E-state index contributed by atoms with van der Waals surface area (Å²) in [6.45, 7) is 0. The van der Waals surface area contributed by atoms with Gasteiger partial charge < -0.3 is 22.9 Å². The third-order valence-corrected chi connectivity index (χ3v) is 3.14. The molecule has 0 radical (unpaired) electrons. The average molecular weight is 432 g/mol. The van der Waals surface area contributed by atoms with Gasteiger partial charge in [-0.1, -0.05) is 0 Å². The zero-order valence-corrected chi connectivity index (χ0v) is 14.3. The lowest BCUT2D eigenvalue weighted by Gasteiger charge is -1.99. The highest BCUT2D eigenvalue weighted by molar-refractivity contribution is 9.10. The fourth-order valence-corrected chi connectivity index (χ4v) is 1.91. The molecule has 0 aliphatic rings. The summed E-state index contributed by atoms with van der Waals surface area (Å²) in [7, 11) is 0. The van der Waals surface area contributed by atoms with E-state index in [-0.39, 0.29) is 11.4 Å². The molecule has 0 aliphatic carbocycles. The molecule has 0 saturated carbocycles. The van der Waals surface area contributed by atoms with E-state index in [1.54, 1.807) is 24.3 Å². The van der Waals surface area contributed by atoms with Crippen molar-refractivity contribution in [3.8, 4) is 0 Å². The van der Waals surface area contributed by atoms with E-state index >= 15 is 0 Å². The first kappa shape index (κ1) is 17.9. The molecule has 2 heterocycles. The summed E-state index contributed by atoms with van der Waals surface area (Å²) in [6.07, 6.45) is 0. The molecule has 10 heteroatoms. The number of carbonyl (C=O) groups is 2. The molecule has 0 bridgehead atoms. The number of rotatable bonds is 2. The van der Waals surface area contributed by atoms with Crippen LogP contribution >= 0.6 is 31.9 Å². The number of primary amides is 2. The Morgan fingerprint density at radius 1 is 0.773 bits per heavy atom. The van der Waals surface area contributed by atoms with Crippen LogP contribution in [-0.4, -0.2) is 21.8 Å². The summed E-state index contributed by atoms with van der Waals surface area (Å²) in [5, 5.41) is 0. The Hall–Kier alpha value is -2.20. The molecule has 2 aromatic rings. The first-order chi connectivity index (χ1) is 10.2. The Bertz CT molecular complexity index is 661. The highest BCUT2D eigenvalue weighted by atomic mass is 79.9. The summed E-state index contributed by atoms with van der Waals surface area (Å²) >= 11 is 6.18. The van der Waals surface area contributed by atoms with Crippen molar-refractivity contribution in [2.75, 3.05) is 11.5 Å². The highest BCUT2D eigenvalue weighted by Crippen LogP contribution is 2.13. The van der Waals surface area contributed by atoms with Crippen molar-refractivity contribution >= 4 is 55.0 Å². The van der Waals surface area contributed by atoms with E-state index in [0.29, 0.717) is 20.6 Å². The molecule has 8 N–H and O–H groups in total. The molecule has 2 aromatic heterocycles. The fraction of sp³-hybridized carbons (Fsp3) is 0. The third kappa shape index (κ3) is 4.97. The van der Waals surface area contributed by atoms with Crippen LogP contribution in [0.15, 0.2) is 33.5 Å². The maximum Gasteiger partial charge on any atom is 0.269 e. The normalized spacial score (nSPS) is 9.55. The molecule has 2 rings (SSSR count). The lowest BCUT2D eigenvalue weighted by molar-refractivity contribution is 0.0988. The monoisotopic (exact) mass is 430 g/mol. The summed E-state index contributed by atoms with van der Waals surface area (Å²) < 4.78 is 1.08. The molecule has 22 heavy (non-hydrogen) atoms.